The molecule has 0 saturated carbocycles. The topological polar surface area (TPSA) is 55.0 Å². The van der Waals surface area contributed by atoms with Crippen molar-refractivity contribution in [1.82, 2.24) is 9.97 Å². The quantitative estimate of drug-likeness (QED) is 0.749. The molecule has 0 atom stereocenters. The van der Waals surface area contributed by atoms with Crippen molar-refractivity contribution in [1.29, 1.82) is 0 Å². The number of carbonyl (C=O) groups is 1. The summed E-state index contributed by atoms with van der Waals surface area (Å²) in [6.45, 7) is 0.279. The summed E-state index contributed by atoms with van der Waals surface area (Å²) in [5.74, 6) is 0.447. The lowest BCUT2D eigenvalue weighted by atomic mass is 10.2. The number of rotatable bonds is 4. The molecule has 1 aromatic heterocycles. The molecular weight excluding hydrogens is 288 g/mol. The van der Waals surface area contributed by atoms with E-state index >= 15 is 0 Å². The molecule has 3 rings (SSSR count). The van der Waals surface area contributed by atoms with Crippen LogP contribution in [0, 0.1) is 0 Å². The zero-order valence-corrected chi connectivity index (χ0v) is 11.9. The second-order valence-electron chi connectivity index (χ2n) is 4.59. The summed E-state index contributed by atoms with van der Waals surface area (Å²) >= 11 is 5.77. The summed E-state index contributed by atoms with van der Waals surface area (Å²) < 4.78 is 5.23. The van der Waals surface area contributed by atoms with Gasteiger partial charge in [-0.05, 0) is 36.4 Å². The highest BCUT2D eigenvalue weighted by atomic mass is 35.5. The maximum absolute atomic E-state index is 11.8. The van der Waals surface area contributed by atoms with Crippen molar-refractivity contribution in [2.45, 2.75) is 6.42 Å². The number of halogens is 1. The van der Waals surface area contributed by atoms with E-state index in [1.54, 1.807) is 24.3 Å². The summed E-state index contributed by atoms with van der Waals surface area (Å²) in [6, 6.07) is 14.4. The monoisotopic (exact) mass is 300 g/mol. The first-order valence-corrected chi connectivity index (χ1v) is 6.96. The van der Waals surface area contributed by atoms with Gasteiger partial charge >= 0.3 is 5.97 Å². The van der Waals surface area contributed by atoms with E-state index in [1.807, 2.05) is 24.3 Å². The van der Waals surface area contributed by atoms with E-state index in [1.165, 1.54) is 0 Å². The van der Waals surface area contributed by atoms with Crippen LogP contribution in [0.25, 0.3) is 11.0 Å². The molecule has 0 aliphatic rings. The third-order valence-corrected chi connectivity index (χ3v) is 3.34. The fraction of sp³-hybridized carbons (Fsp3) is 0.125. The predicted molar refractivity (Wildman–Crippen MR) is 81.5 cm³/mol. The Kier molecular flexibility index (Phi) is 3.88. The number of benzene rings is 2. The molecule has 1 heterocycles. The standard InChI is InChI=1S/C16H13ClN2O2/c17-12-7-5-11(6-8-12)16(20)21-10-9-15-18-13-3-1-2-4-14(13)19-15/h1-8H,9-10H2,(H,18,19). The minimum absolute atomic E-state index is 0.279. The molecule has 0 bridgehead atoms. The number of aromatic amines is 1. The molecule has 0 aliphatic heterocycles. The molecular formula is C16H13ClN2O2. The number of nitrogens with zero attached hydrogens (tertiary/aromatic N) is 1. The van der Waals surface area contributed by atoms with Crippen LogP contribution < -0.4 is 0 Å². The summed E-state index contributed by atoms with van der Waals surface area (Å²) in [5, 5.41) is 0.592. The Morgan fingerprint density at radius 1 is 1.14 bits per heavy atom. The average Bonchev–Trinajstić information content (AvgIpc) is 2.90. The van der Waals surface area contributed by atoms with E-state index in [2.05, 4.69) is 9.97 Å². The van der Waals surface area contributed by atoms with Gasteiger partial charge in [-0.15, -0.1) is 0 Å². The fourth-order valence-corrected chi connectivity index (χ4v) is 2.16. The third-order valence-electron chi connectivity index (χ3n) is 3.09. The maximum Gasteiger partial charge on any atom is 0.338 e. The molecule has 0 radical (unpaired) electrons. The van der Waals surface area contributed by atoms with Gasteiger partial charge < -0.3 is 9.72 Å². The van der Waals surface area contributed by atoms with E-state index in [9.17, 15) is 4.79 Å². The summed E-state index contributed by atoms with van der Waals surface area (Å²) in [7, 11) is 0. The van der Waals surface area contributed by atoms with E-state index in [4.69, 9.17) is 16.3 Å². The molecule has 3 aromatic rings. The Bertz CT molecular complexity index is 732. The SMILES string of the molecule is O=C(OCCc1nc2ccccc2[nH]1)c1ccc(Cl)cc1. The van der Waals surface area contributed by atoms with Crippen LogP contribution in [0.4, 0.5) is 0 Å². The number of carbonyl (C=O) groups excluding carboxylic acids is 1. The second kappa shape index (κ2) is 5.97. The van der Waals surface area contributed by atoms with Gasteiger partial charge in [0.25, 0.3) is 0 Å². The van der Waals surface area contributed by atoms with Gasteiger partial charge in [0.1, 0.15) is 5.82 Å². The molecule has 0 fully saturated rings. The number of ether oxygens (including phenoxy) is 1. The lowest BCUT2D eigenvalue weighted by molar-refractivity contribution is 0.0508. The highest BCUT2D eigenvalue weighted by molar-refractivity contribution is 6.30. The van der Waals surface area contributed by atoms with Crippen molar-refractivity contribution in [3.8, 4) is 0 Å². The highest BCUT2D eigenvalue weighted by Crippen LogP contribution is 2.12. The van der Waals surface area contributed by atoms with Gasteiger partial charge in [-0.2, -0.15) is 0 Å². The smallest absolute Gasteiger partial charge is 0.338 e. The van der Waals surface area contributed by atoms with Crippen molar-refractivity contribution < 1.29 is 9.53 Å². The molecule has 106 valence electrons. The number of hydrogen-bond acceptors (Lipinski definition) is 3. The molecule has 5 heteroatoms. The minimum atomic E-state index is -0.359. The minimum Gasteiger partial charge on any atom is -0.462 e. The van der Waals surface area contributed by atoms with Gasteiger partial charge in [0.2, 0.25) is 0 Å². The molecule has 4 nitrogen and oxygen atoms in total. The van der Waals surface area contributed by atoms with Crippen LogP contribution in [-0.4, -0.2) is 22.5 Å². The Morgan fingerprint density at radius 2 is 1.90 bits per heavy atom. The van der Waals surface area contributed by atoms with Crippen LogP contribution in [0.5, 0.6) is 0 Å². The van der Waals surface area contributed by atoms with Crippen LogP contribution >= 0.6 is 11.6 Å². The van der Waals surface area contributed by atoms with Crippen molar-refractivity contribution in [2.75, 3.05) is 6.61 Å². The number of H-pyrrole nitrogens is 1. The maximum atomic E-state index is 11.8. The van der Waals surface area contributed by atoms with Gasteiger partial charge in [-0.1, -0.05) is 23.7 Å². The molecule has 0 saturated heterocycles. The van der Waals surface area contributed by atoms with Crippen LogP contribution in [0.2, 0.25) is 5.02 Å². The summed E-state index contributed by atoms with van der Waals surface area (Å²) in [4.78, 5) is 19.4. The number of hydrogen-bond donors (Lipinski definition) is 1. The molecule has 2 aromatic carbocycles. The van der Waals surface area contributed by atoms with Crippen LogP contribution in [0.15, 0.2) is 48.5 Å². The fourth-order valence-electron chi connectivity index (χ4n) is 2.03. The Morgan fingerprint density at radius 3 is 2.67 bits per heavy atom. The van der Waals surface area contributed by atoms with Crippen LogP contribution in [0.3, 0.4) is 0 Å². The van der Waals surface area contributed by atoms with Crippen molar-refractivity contribution in [3.05, 3.63) is 64.9 Å². The number of esters is 1. The predicted octanol–water partition coefficient (Wildman–Crippen LogP) is 3.62. The first-order valence-electron chi connectivity index (χ1n) is 6.59. The second-order valence-corrected chi connectivity index (χ2v) is 5.03. The number of aromatic nitrogens is 2. The van der Waals surface area contributed by atoms with Gasteiger partial charge in [-0.3, -0.25) is 0 Å². The van der Waals surface area contributed by atoms with E-state index in [0.717, 1.165) is 16.9 Å². The van der Waals surface area contributed by atoms with Crippen molar-refractivity contribution in [2.24, 2.45) is 0 Å². The molecule has 0 amide bonds. The molecule has 0 unspecified atom stereocenters. The summed E-state index contributed by atoms with van der Waals surface area (Å²) in [5.41, 5.74) is 2.39. The zero-order chi connectivity index (χ0) is 14.7. The van der Waals surface area contributed by atoms with Gasteiger partial charge in [0.15, 0.2) is 0 Å². The number of para-hydroxylation sites is 2. The van der Waals surface area contributed by atoms with Gasteiger partial charge in [0.05, 0.1) is 23.2 Å². The number of imidazole rings is 1. The largest absolute Gasteiger partial charge is 0.462 e. The first kappa shape index (κ1) is 13.6. The molecule has 1 N–H and O–H groups in total. The lowest BCUT2D eigenvalue weighted by Crippen LogP contribution is -2.08. The van der Waals surface area contributed by atoms with Crippen molar-refractivity contribution >= 4 is 28.6 Å². The van der Waals surface area contributed by atoms with Crippen LogP contribution in [-0.2, 0) is 11.2 Å². The third kappa shape index (κ3) is 3.23. The number of fused-ring (bicyclic) bond motifs is 1. The first-order chi connectivity index (χ1) is 10.2. The Hall–Kier alpha value is -2.33. The molecule has 0 spiro atoms. The average molecular weight is 301 g/mol. The van der Waals surface area contributed by atoms with E-state index < -0.39 is 0 Å². The molecule has 21 heavy (non-hydrogen) atoms. The summed E-state index contributed by atoms with van der Waals surface area (Å²) in [6.07, 6.45) is 0.550. The highest BCUT2D eigenvalue weighted by Gasteiger charge is 2.08. The van der Waals surface area contributed by atoms with E-state index in [-0.39, 0.29) is 12.6 Å². The lowest BCUT2D eigenvalue weighted by Gasteiger charge is -2.03. The van der Waals surface area contributed by atoms with Gasteiger partial charge in [-0.25, -0.2) is 9.78 Å². The molecule has 0 aliphatic carbocycles. The van der Waals surface area contributed by atoms with Crippen LogP contribution in [0.1, 0.15) is 16.2 Å². The van der Waals surface area contributed by atoms with Gasteiger partial charge in [0, 0.05) is 11.4 Å². The number of nitrogens with one attached hydrogen (secondary N) is 1. The Labute approximate surface area is 126 Å². The Balaban J connectivity index is 1.58. The normalized spacial score (nSPS) is 10.7. The van der Waals surface area contributed by atoms with Crippen molar-refractivity contribution in [3.63, 3.8) is 0 Å². The van der Waals surface area contributed by atoms with E-state index in [0.29, 0.717) is 17.0 Å². The zero-order valence-electron chi connectivity index (χ0n) is 11.2.